The Bertz CT molecular complexity index is 998. The van der Waals surface area contributed by atoms with Crippen molar-refractivity contribution in [3.8, 4) is 16.9 Å². The van der Waals surface area contributed by atoms with Gasteiger partial charge in [-0.25, -0.2) is 0 Å². The van der Waals surface area contributed by atoms with Crippen LogP contribution in [0.1, 0.15) is 50.5 Å². The highest BCUT2D eigenvalue weighted by Gasteiger charge is 2.34. The number of carbonyl (C=O) groups excluding carboxylic acids is 2. The maximum absolute atomic E-state index is 12.3. The molecule has 2 aromatic rings. The van der Waals surface area contributed by atoms with Crippen molar-refractivity contribution in [2.24, 2.45) is 17.6 Å². The molecule has 1 aliphatic heterocycles. The van der Waals surface area contributed by atoms with Crippen LogP contribution in [-0.4, -0.2) is 37.0 Å². The Morgan fingerprint density at radius 2 is 1.62 bits per heavy atom. The molecule has 34 heavy (non-hydrogen) atoms. The fourth-order valence-electron chi connectivity index (χ4n) is 4.72. The third-order valence-corrected chi connectivity index (χ3v) is 6.74. The number of rotatable bonds is 9. The maximum Gasteiger partial charge on any atom is 0.306 e. The summed E-state index contributed by atoms with van der Waals surface area (Å²) in [6, 6.07) is 15.1. The summed E-state index contributed by atoms with van der Waals surface area (Å²) < 4.78 is 11.3. The van der Waals surface area contributed by atoms with Crippen molar-refractivity contribution in [3.05, 3.63) is 54.1 Å². The average Bonchev–Trinajstić information content (AvgIpc) is 3.21. The van der Waals surface area contributed by atoms with E-state index in [1.807, 2.05) is 48.5 Å². The van der Waals surface area contributed by atoms with E-state index in [1.165, 1.54) is 19.3 Å². The van der Waals surface area contributed by atoms with Gasteiger partial charge in [0.1, 0.15) is 18.2 Å². The van der Waals surface area contributed by atoms with E-state index in [4.69, 9.17) is 20.6 Å². The van der Waals surface area contributed by atoms with Crippen LogP contribution in [0.3, 0.4) is 0 Å². The summed E-state index contributed by atoms with van der Waals surface area (Å²) in [4.78, 5) is 24.5. The first-order valence-corrected chi connectivity index (χ1v) is 12.1. The van der Waals surface area contributed by atoms with E-state index < -0.39 is 0 Å². The molecule has 1 saturated carbocycles. The third kappa shape index (κ3) is 6.37. The van der Waals surface area contributed by atoms with Gasteiger partial charge in [-0.05, 0) is 48.4 Å². The quantitative estimate of drug-likeness (QED) is 0.295. The molecule has 0 bridgehead atoms. The first-order chi connectivity index (χ1) is 16.5. The Balaban J connectivity index is 1.21. The lowest BCUT2D eigenvalue weighted by molar-refractivity contribution is -0.147. The minimum absolute atomic E-state index is 0.0490. The maximum atomic E-state index is 12.3. The predicted molar refractivity (Wildman–Crippen MR) is 131 cm³/mol. The van der Waals surface area contributed by atoms with Crippen molar-refractivity contribution in [2.45, 2.75) is 51.0 Å². The lowest BCUT2D eigenvalue weighted by Gasteiger charge is -2.21. The molecule has 2 atom stereocenters. The number of hydrogen-bond donors (Lipinski definition) is 3. The van der Waals surface area contributed by atoms with Gasteiger partial charge in [0, 0.05) is 5.56 Å². The largest absolute Gasteiger partial charge is 0.491 e. The topological polar surface area (TPSA) is 115 Å². The van der Waals surface area contributed by atoms with Crippen LogP contribution in [0, 0.1) is 17.2 Å². The molecule has 1 saturated heterocycles. The van der Waals surface area contributed by atoms with Crippen molar-refractivity contribution in [1.29, 1.82) is 5.41 Å². The molecule has 180 valence electrons. The Labute approximate surface area is 200 Å². The molecular weight excluding hydrogens is 430 g/mol. The average molecular weight is 464 g/mol. The highest BCUT2D eigenvalue weighted by molar-refractivity contribution is 5.95. The number of amides is 1. The number of benzene rings is 2. The summed E-state index contributed by atoms with van der Waals surface area (Å²) in [6.45, 7) is 0.836. The highest BCUT2D eigenvalue weighted by atomic mass is 16.5. The number of ether oxygens (including phenoxy) is 2. The molecule has 0 spiro atoms. The van der Waals surface area contributed by atoms with Crippen LogP contribution in [0.15, 0.2) is 48.5 Å². The molecule has 2 aliphatic rings. The van der Waals surface area contributed by atoms with Crippen LogP contribution in [0.2, 0.25) is 0 Å². The van der Waals surface area contributed by atoms with Gasteiger partial charge in [-0.15, -0.1) is 0 Å². The summed E-state index contributed by atoms with van der Waals surface area (Å²) in [6.07, 6.45) is 6.66. The minimum Gasteiger partial charge on any atom is -0.491 e. The predicted octanol–water partition coefficient (Wildman–Crippen LogP) is 4.03. The van der Waals surface area contributed by atoms with Gasteiger partial charge in [0.05, 0.1) is 25.0 Å². The Kier molecular flexibility index (Phi) is 7.83. The van der Waals surface area contributed by atoms with Crippen LogP contribution < -0.4 is 15.8 Å². The van der Waals surface area contributed by atoms with Crippen molar-refractivity contribution >= 4 is 17.7 Å². The third-order valence-electron chi connectivity index (χ3n) is 6.74. The summed E-state index contributed by atoms with van der Waals surface area (Å²) in [5, 5.41) is 10.4. The number of carbonyl (C=O) groups is 2. The summed E-state index contributed by atoms with van der Waals surface area (Å²) >= 11 is 0. The Morgan fingerprint density at radius 1 is 0.971 bits per heavy atom. The Hall–Kier alpha value is -3.35. The summed E-state index contributed by atoms with van der Waals surface area (Å²) in [5.74, 6) is 0.503. The second-order valence-electron chi connectivity index (χ2n) is 9.36. The van der Waals surface area contributed by atoms with Crippen LogP contribution >= 0.6 is 0 Å². The van der Waals surface area contributed by atoms with Crippen LogP contribution in [-0.2, 0) is 14.3 Å². The SMILES string of the molecule is N=C(N)c1ccc(-c2ccc(OCC3CC(CC(=O)OCC4CCCCC4)C(=O)N3)cc2)cc1. The van der Waals surface area contributed by atoms with Crippen molar-refractivity contribution in [3.63, 3.8) is 0 Å². The van der Waals surface area contributed by atoms with E-state index in [0.717, 1.165) is 24.0 Å². The van der Waals surface area contributed by atoms with E-state index in [9.17, 15) is 9.59 Å². The molecule has 1 aliphatic carbocycles. The second-order valence-corrected chi connectivity index (χ2v) is 9.36. The summed E-state index contributed by atoms with van der Waals surface area (Å²) in [5.41, 5.74) is 8.26. The lowest BCUT2D eigenvalue weighted by Crippen LogP contribution is -2.31. The van der Waals surface area contributed by atoms with Gasteiger partial charge in [0.15, 0.2) is 0 Å². The molecule has 7 heteroatoms. The molecule has 4 rings (SSSR count). The monoisotopic (exact) mass is 463 g/mol. The standard InChI is InChI=1S/C27H33N3O4/c28-26(29)21-8-6-19(7-9-21)20-10-12-24(13-11-20)33-17-23-14-22(27(32)30-23)15-25(31)34-16-18-4-2-1-3-5-18/h6-13,18,22-23H,1-5,14-17H2,(H3,28,29)(H,30,32). The zero-order chi connectivity index (χ0) is 23.9. The highest BCUT2D eigenvalue weighted by Crippen LogP contribution is 2.26. The fourth-order valence-corrected chi connectivity index (χ4v) is 4.72. The van der Waals surface area contributed by atoms with Crippen molar-refractivity contribution < 1.29 is 19.1 Å². The van der Waals surface area contributed by atoms with Gasteiger partial charge < -0.3 is 20.5 Å². The normalized spacial score (nSPS) is 20.5. The number of esters is 1. The zero-order valence-corrected chi connectivity index (χ0v) is 19.4. The van der Waals surface area contributed by atoms with E-state index in [0.29, 0.717) is 36.9 Å². The van der Waals surface area contributed by atoms with Gasteiger partial charge in [-0.3, -0.25) is 15.0 Å². The Morgan fingerprint density at radius 3 is 2.26 bits per heavy atom. The molecular formula is C27H33N3O4. The minimum atomic E-state index is -0.354. The van der Waals surface area contributed by atoms with Gasteiger partial charge in [-0.2, -0.15) is 0 Å². The number of nitrogens with two attached hydrogens (primary N) is 1. The van der Waals surface area contributed by atoms with Crippen LogP contribution in [0.5, 0.6) is 5.75 Å². The van der Waals surface area contributed by atoms with Crippen molar-refractivity contribution in [1.82, 2.24) is 5.32 Å². The molecule has 2 aromatic carbocycles. The number of nitrogen functional groups attached to an aromatic ring is 1. The first-order valence-electron chi connectivity index (χ1n) is 12.1. The molecule has 7 nitrogen and oxygen atoms in total. The van der Waals surface area contributed by atoms with Gasteiger partial charge >= 0.3 is 5.97 Å². The van der Waals surface area contributed by atoms with Gasteiger partial charge in [0.25, 0.3) is 0 Å². The van der Waals surface area contributed by atoms with Crippen molar-refractivity contribution in [2.75, 3.05) is 13.2 Å². The van der Waals surface area contributed by atoms with Gasteiger partial charge in [0.2, 0.25) is 5.91 Å². The summed E-state index contributed by atoms with van der Waals surface area (Å²) in [7, 11) is 0. The molecule has 2 unspecified atom stereocenters. The number of nitrogens with one attached hydrogen (secondary N) is 2. The number of hydrogen-bond acceptors (Lipinski definition) is 5. The van der Waals surface area contributed by atoms with E-state index in [-0.39, 0.29) is 36.1 Å². The second kappa shape index (κ2) is 11.2. The fraction of sp³-hybridized carbons (Fsp3) is 0.444. The molecule has 1 heterocycles. The molecule has 4 N–H and O–H groups in total. The van der Waals surface area contributed by atoms with Gasteiger partial charge in [-0.1, -0.05) is 55.7 Å². The smallest absolute Gasteiger partial charge is 0.306 e. The van der Waals surface area contributed by atoms with E-state index in [2.05, 4.69) is 5.32 Å². The molecule has 1 amide bonds. The zero-order valence-electron chi connectivity index (χ0n) is 19.4. The van der Waals surface area contributed by atoms with E-state index in [1.54, 1.807) is 0 Å². The van der Waals surface area contributed by atoms with E-state index >= 15 is 0 Å². The molecule has 0 radical (unpaired) electrons. The van der Waals surface area contributed by atoms with Crippen LogP contribution in [0.25, 0.3) is 11.1 Å². The van der Waals surface area contributed by atoms with Crippen LogP contribution in [0.4, 0.5) is 0 Å². The first kappa shape index (κ1) is 23.8. The number of amidine groups is 1. The molecule has 0 aromatic heterocycles. The lowest BCUT2D eigenvalue weighted by atomic mass is 9.90. The molecule has 2 fully saturated rings.